The van der Waals surface area contributed by atoms with Crippen LogP contribution in [0.25, 0.3) is 0 Å². The number of carbonyl (C=O) groups excluding carboxylic acids is 2. The Morgan fingerprint density at radius 2 is 1.44 bits per heavy atom. The number of hydrogen-bond acceptors (Lipinski definition) is 4. The highest BCUT2D eigenvalue weighted by atomic mass is 35.5. The van der Waals surface area contributed by atoms with Crippen molar-refractivity contribution in [3.63, 3.8) is 0 Å². The van der Waals surface area contributed by atoms with Gasteiger partial charge in [-0.3, -0.25) is 13.9 Å². The Balaban J connectivity index is 1.71. The van der Waals surface area contributed by atoms with Crippen molar-refractivity contribution in [2.45, 2.75) is 57.2 Å². The van der Waals surface area contributed by atoms with E-state index in [0.29, 0.717) is 15.7 Å². The van der Waals surface area contributed by atoms with E-state index in [1.54, 1.807) is 48.5 Å². The lowest BCUT2D eigenvalue weighted by molar-refractivity contribution is -0.140. The lowest BCUT2D eigenvalue weighted by Gasteiger charge is -2.35. The number of carbonyl (C=O) groups is 2. The van der Waals surface area contributed by atoms with Crippen LogP contribution in [0.4, 0.5) is 5.69 Å². The van der Waals surface area contributed by atoms with Gasteiger partial charge in [0, 0.05) is 29.1 Å². The van der Waals surface area contributed by atoms with E-state index in [9.17, 15) is 18.0 Å². The molecule has 0 spiro atoms. The minimum absolute atomic E-state index is 0.0450. The number of halogens is 2. The average molecular weight is 617 g/mol. The molecule has 0 saturated heterocycles. The molecule has 41 heavy (non-hydrogen) atoms. The minimum Gasteiger partial charge on any atom is -0.352 e. The number of hydrogen-bond donors (Lipinski definition) is 1. The molecule has 0 aliphatic heterocycles. The Labute approximate surface area is 252 Å². The van der Waals surface area contributed by atoms with Crippen molar-refractivity contribution in [3.8, 4) is 0 Å². The minimum atomic E-state index is -3.84. The van der Waals surface area contributed by atoms with Crippen molar-refractivity contribution in [2.24, 2.45) is 0 Å². The second-order valence-electron chi connectivity index (χ2n) is 10.4. The maximum atomic E-state index is 14.1. The van der Waals surface area contributed by atoms with E-state index in [1.807, 2.05) is 30.3 Å². The predicted octanol–water partition coefficient (Wildman–Crippen LogP) is 5.85. The van der Waals surface area contributed by atoms with Crippen LogP contribution in [0.15, 0.2) is 78.9 Å². The van der Waals surface area contributed by atoms with Crippen molar-refractivity contribution >= 4 is 50.7 Å². The van der Waals surface area contributed by atoms with Gasteiger partial charge in [-0.1, -0.05) is 84.9 Å². The first-order valence-corrected chi connectivity index (χ1v) is 16.3. The van der Waals surface area contributed by atoms with Crippen molar-refractivity contribution in [1.29, 1.82) is 0 Å². The van der Waals surface area contributed by atoms with Crippen LogP contribution in [0.1, 0.15) is 43.2 Å². The predicted molar refractivity (Wildman–Crippen MR) is 165 cm³/mol. The van der Waals surface area contributed by atoms with Gasteiger partial charge in [0.05, 0.1) is 11.9 Å². The molecule has 0 aromatic heterocycles. The van der Waals surface area contributed by atoms with E-state index in [1.165, 1.54) is 4.90 Å². The number of anilines is 1. The Morgan fingerprint density at radius 1 is 0.854 bits per heavy atom. The molecule has 3 aromatic rings. The third-order valence-corrected chi connectivity index (χ3v) is 8.93. The smallest absolute Gasteiger partial charge is 0.244 e. The summed E-state index contributed by atoms with van der Waals surface area (Å²) in [6.07, 6.45) is 6.36. The molecule has 1 unspecified atom stereocenters. The third kappa shape index (κ3) is 8.96. The lowest BCUT2D eigenvalue weighted by atomic mass is 9.94. The van der Waals surface area contributed by atoms with Gasteiger partial charge in [-0.15, -0.1) is 0 Å². The molecule has 0 heterocycles. The molecule has 3 aromatic carbocycles. The van der Waals surface area contributed by atoms with E-state index in [-0.39, 0.29) is 24.9 Å². The molecule has 4 rings (SSSR count). The van der Waals surface area contributed by atoms with E-state index in [2.05, 4.69) is 5.32 Å². The Bertz CT molecular complexity index is 1410. The largest absolute Gasteiger partial charge is 0.352 e. The van der Waals surface area contributed by atoms with Crippen molar-refractivity contribution < 1.29 is 18.0 Å². The number of nitrogens with one attached hydrogen (secondary N) is 1. The maximum Gasteiger partial charge on any atom is 0.244 e. The topological polar surface area (TPSA) is 86.8 Å². The molecule has 1 N–H and O–H groups in total. The van der Waals surface area contributed by atoms with Gasteiger partial charge in [0.2, 0.25) is 21.8 Å². The zero-order valence-electron chi connectivity index (χ0n) is 23.0. The third-order valence-electron chi connectivity index (χ3n) is 7.28. The van der Waals surface area contributed by atoms with Crippen LogP contribution in [0.5, 0.6) is 0 Å². The Morgan fingerprint density at radius 3 is 2.02 bits per heavy atom. The normalized spacial score (nSPS) is 14.7. The molecular formula is C31H35Cl2N3O4S. The molecule has 2 amide bonds. The fraction of sp³-hybridized carbons (Fsp3) is 0.355. The summed E-state index contributed by atoms with van der Waals surface area (Å²) in [4.78, 5) is 29.5. The summed E-state index contributed by atoms with van der Waals surface area (Å²) in [6.45, 7) is -0.375. The zero-order valence-corrected chi connectivity index (χ0v) is 25.3. The first kappa shape index (κ1) is 30.9. The molecule has 1 fully saturated rings. The zero-order chi connectivity index (χ0) is 29.4. The molecular weight excluding hydrogens is 581 g/mol. The quantitative estimate of drug-likeness (QED) is 0.293. The van der Waals surface area contributed by atoms with E-state index < -0.39 is 28.5 Å². The summed E-state index contributed by atoms with van der Waals surface area (Å²) in [6, 6.07) is 22.0. The van der Waals surface area contributed by atoms with Crippen molar-refractivity contribution in [1.82, 2.24) is 10.2 Å². The van der Waals surface area contributed by atoms with Gasteiger partial charge < -0.3 is 10.2 Å². The Kier molecular flexibility index (Phi) is 10.7. The van der Waals surface area contributed by atoms with Gasteiger partial charge in [-0.05, 0) is 60.4 Å². The fourth-order valence-electron chi connectivity index (χ4n) is 5.11. The number of sulfonamides is 1. The number of nitrogens with zero attached hydrogens (tertiary/aromatic N) is 2. The van der Waals surface area contributed by atoms with Crippen LogP contribution in [0.3, 0.4) is 0 Å². The SMILES string of the molecule is CS(=O)(=O)N(CC(=O)N(Cc1ccc(Cl)cc1)C(Cc1ccccc1)C(=O)NC1CCCCC1)c1ccc(Cl)cc1. The van der Waals surface area contributed by atoms with Crippen LogP contribution in [0.2, 0.25) is 10.0 Å². The molecule has 1 aliphatic rings. The lowest BCUT2D eigenvalue weighted by Crippen LogP contribution is -2.55. The molecule has 7 nitrogen and oxygen atoms in total. The van der Waals surface area contributed by atoms with Crippen LogP contribution in [-0.2, 0) is 32.6 Å². The van der Waals surface area contributed by atoms with E-state index in [0.717, 1.165) is 53.8 Å². The second kappa shape index (κ2) is 14.2. The van der Waals surface area contributed by atoms with E-state index >= 15 is 0 Å². The van der Waals surface area contributed by atoms with E-state index in [4.69, 9.17) is 23.2 Å². The molecule has 1 saturated carbocycles. The molecule has 218 valence electrons. The van der Waals surface area contributed by atoms with Crippen LogP contribution in [0, 0.1) is 0 Å². The Hall–Kier alpha value is -3.07. The molecule has 10 heteroatoms. The van der Waals surface area contributed by atoms with Crippen LogP contribution in [-0.4, -0.2) is 50.0 Å². The van der Waals surface area contributed by atoms with Crippen LogP contribution < -0.4 is 9.62 Å². The van der Waals surface area contributed by atoms with Gasteiger partial charge in [-0.25, -0.2) is 8.42 Å². The summed E-state index contributed by atoms with van der Waals surface area (Å²) in [5.41, 5.74) is 1.97. The average Bonchev–Trinajstić information content (AvgIpc) is 2.95. The van der Waals surface area contributed by atoms with Crippen molar-refractivity contribution in [3.05, 3.63) is 100 Å². The highest BCUT2D eigenvalue weighted by molar-refractivity contribution is 7.92. The summed E-state index contributed by atoms with van der Waals surface area (Å²) in [5.74, 6) is -0.750. The molecule has 1 aliphatic carbocycles. The first-order chi connectivity index (χ1) is 19.6. The maximum absolute atomic E-state index is 14.1. The van der Waals surface area contributed by atoms with Gasteiger partial charge in [0.1, 0.15) is 12.6 Å². The van der Waals surface area contributed by atoms with Gasteiger partial charge >= 0.3 is 0 Å². The monoisotopic (exact) mass is 615 g/mol. The van der Waals surface area contributed by atoms with Crippen molar-refractivity contribution in [2.75, 3.05) is 17.1 Å². The number of rotatable bonds is 11. The molecule has 0 radical (unpaired) electrons. The highest BCUT2D eigenvalue weighted by Gasteiger charge is 2.34. The standard InChI is InChI=1S/C31H35Cl2N3O4S/c1-41(39,40)36(28-18-16-26(33)17-19-28)22-30(37)35(21-24-12-14-25(32)15-13-24)29(20-23-8-4-2-5-9-23)31(38)34-27-10-6-3-7-11-27/h2,4-5,8-9,12-19,27,29H,3,6-7,10-11,20-22H2,1H3,(H,34,38). The van der Waals surface area contributed by atoms with Gasteiger partial charge in [-0.2, -0.15) is 0 Å². The first-order valence-electron chi connectivity index (χ1n) is 13.7. The molecule has 0 bridgehead atoms. The highest BCUT2D eigenvalue weighted by Crippen LogP contribution is 2.23. The van der Waals surface area contributed by atoms with Crippen LogP contribution >= 0.6 is 23.2 Å². The number of amides is 2. The summed E-state index contributed by atoms with van der Waals surface area (Å²) in [7, 11) is -3.84. The fourth-order valence-corrected chi connectivity index (χ4v) is 6.21. The van der Waals surface area contributed by atoms with Gasteiger partial charge in [0.15, 0.2) is 0 Å². The summed E-state index contributed by atoms with van der Waals surface area (Å²) in [5, 5.41) is 4.18. The summed E-state index contributed by atoms with van der Waals surface area (Å²) < 4.78 is 26.8. The van der Waals surface area contributed by atoms with Gasteiger partial charge in [0.25, 0.3) is 0 Å². The number of benzene rings is 3. The molecule has 1 atom stereocenters. The summed E-state index contributed by atoms with van der Waals surface area (Å²) >= 11 is 12.1. The second-order valence-corrected chi connectivity index (χ2v) is 13.2.